The van der Waals surface area contributed by atoms with Crippen LogP contribution >= 0.6 is 0 Å². The molecular formula is C75H133N4O21+. The first-order valence-corrected chi connectivity index (χ1v) is 35.5. The summed E-state index contributed by atoms with van der Waals surface area (Å²) in [7, 11) is 0. The highest BCUT2D eigenvalue weighted by Gasteiger charge is 2.43. The number of hydrogen-bond donors (Lipinski definition) is 3. The molecule has 0 unspecified atom stereocenters. The quantitative estimate of drug-likeness (QED) is 0.0294. The summed E-state index contributed by atoms with van der Waals surface area (Å²) in [6.07, 6.45) is -5.31. The van der Waals surface area contributed by atoms with Gasteiger partial charge in [0, 0.05) is 68.0 Å². The molecule has 0 atom stereocenters. The van der Waals surface area contributed by atoms with E-state index in [-0.39, 0.29) is 135 Å². The molecule has 25 nitrogen and oxygen atoms in total. The lowest BCUT2D eigenvalue weighted by Gasteiger charge is -2.38. The molecule has 0 rings (SSSR count). The second-order valence-electron chi connectivity index (χ2n) is 35.8. The molecule has 0 bridgehead atoms. The SMILES string of the molecule is CC(C)(C)OC(=O)CCC(CCC(=O)OC(C)(C)C)(CCC(=O)OC(C)(C)C)NC(=O)CCC(N)(CCC(=O)NC(CCC(=O)OC(C)(C)C)(CCC(=O)OC(C)(C)C)CCC(=O)OC(C)(C)C)CCC(=O)[N+](CCC(=O)OC(C)(C)C)(CCC(=O)OC(C)(C)C)CCC(=O)OC(C)(C)C. The lowest BCUT2D eigenvalue weighted by atomic mass is 9.81. The van der Waals surface area contributed by atoms with Gasteiger partial charge < -0.3 is 59.0 Å². The van der Waals surface area contributed by atoms with E-state index in [4.69, 9.17) is 48.4 Å². The fourth-order valence-corrected chi connectivity index (χ4v) is 10.7. The zero-order valence-corrected chi connectivity index (χ0v) is 66.6. The van der Waals surface area contributed by atoms with Crippen LogP contribution in [0.25, 0.3) is 0 Å². The summed E-state index contributed by atoms with van der Waals surface area (Å²) in [5, 5.41) is 6.14. The molecule has 25 heteroatoms. The first-order valence-electron chi connectivity index (χ1n) is 35.5. The highest BCUT2D eigenvalue weighted by Crippen LogP contribution is 2.34. The van der Waals surface area contributed by atoms with E-state index < -0.39 is 162 Å². The Morgan fingerprint density at radius 2 is 0.400 bits per heavy atom. The molecule has 0 aromatic heterocycles. The molecule has 0 aromatic carbocycles. The van der Waals surface area contributed by atoms with E-state index in [9.17, 15) is 43.2 Å². The van der Waals surface area contributed by atoms with Gasteiger partial charge in [0.25, 0.3) is 0 Å². The van der Waals surface area contributed by atoms with E-state index in [0.29, 0.717) is 0 Å². The smallest absolute Gasteiger partial charge is 0.313 e. The van der Waals surface area contributed by atoms with E-state index in [1.54, 1.807) is 187 Å². The maximum atomic E-state index is 15.6. The van der Waals surface area contributed by atoms with Gasteiger partial charge in [-0.25, -0.2) is 4.79 Å². The number of esters is 9. The summed E-state index contributed by atoms with van der Waals surface area (Å²) in [6, 6.07) is 0. The Morgan fingerprint density at radius 3 is 0.570 bits per heavy atom. The minimum atomic E-state index is -1.65. The van der Waals surface area contributed by atoms with Crippen LogP contribution < -0.4 is 16.4 Å². The van der Waals surface area contributed by atoms with Crippen molar-refractivity contribution in [2.45, 2.75) is 389 Å². The molecule has 0 fully saturated rings. The predicted octanol–water partition coefficient (Wildman–Crippen LogP) is 12.0. The van der Waals surface area contributed by atoms with Crippen LogP contribution in [-0.4, -0.2) is 163 Å². The number of nitrogens with zero attached hydrogens (tertiary/aromatic N) is 1. The molecule has 0 aliphatic heterocycles. The zero-order chi connectivity index (χ0) is 78.2. The average Bonchev–Trinajstić information content (AvgIpc) is 0.827. The van der Waals surface area contributed by atoms with Gasteiger partial charge in [-0.2, -0.15) is 0 Å². The van der Waals surface area contributed by atoms with E-state index >= 15 is 14.4 Å². The molecule has 0 saturated carbocycles. The highest BCUT2D eigenvalue weighted by molar-refractivity contribution is 5.80. The van der Waals surface area contributed by atoms with Crippen molar-refractivity contribution in [3.63, 3.8) is 0 Å². The maximum absolute atomic E-state index is 15.6. The third-order valence-electron chi connectivity index (χ3n) is 14.7. The van der Waals surface area contributed by atoms with Gasteiger partial charge in [0.1, 0.15) is 50.4 Å². The van der Waals surface area contributed by atoms with Crippen molar-refractivity contribution in [1.82, 2.24) is 10.6 Å². The number of carbonyl (C=O) groups is 12. The first-order chi connectivity index (χ1) is 44.7. The third-order valence-corrected chi connectivity index (χ3v) is 14.7. The molecule has 0 spiro atoms. The minimum absolute atomic E-state index is 0.116. The van der Waals surface area contributed by atoms with Gasteiger partial charge in [0.15, 0.2) is 0 Å². The molecule has 0 aliphatic carbocycles. The molecule has 4 N–H and O–H groups in total. The fourth-order valence-electron chi connectivity index (χ4n) is 10.7. The van der Waals surface area contributed by atoms with Gasteiger partial charge in [-0.1, -0.05) is 0 Å². The Bertz CT molecular complexity index is 2380. The van der Waals surface area contributed by atoms with Gasteiger partial charge in [-0.15, -0.1) is 0 Å². The second-order valence-corrected chi connectivity index (χ2v) is 35.8. The van der Waals surface area contributed by atoms with Crippen molar-refractivity contribution in [2.24, 2.45) is 5.73 Å². The Kier molecular flexibility index (Phi) is 35.9. The maximum Gasteiger partial charge on any atom is 0.313 e. The van der Waals surface area contributed by atoms with E-state index in [1.165, 1.54) is 0 Å². The summed E-state index contributed by atoms with van der Waals surface area (Å²) < 4.78 is 50.5. The lowest BCUT2D eigenvalue weighted by molar-refractivity contribution is -0.853. The van der Waals surface area contributed by atoms with Crippen molar-refractivity contribution < 1.29 is 105 Å². The van der Waals surface area contributed by atoms with E-state index in [2.05, 4.69) is 10.6 Å². The van der Waals surface area contributed by atoms with Crippen LogP contribution in [0.3, 0.4) is 0 Å². The van der Waals surface area contributed by atoms with Crippen LogP contribution in [-0.2, 0) is 100 Å². The van der Waals surface area contributed by atoms with E-state index in [1.807, 2.05) is 0 Å². The van der Waals surface area contributed by atoms with Crippen LogP contribution in [0, 0.1) is 0 Å². The van der Waals surface area contributed by atoms with Crippen LogP contribution in [0.5, 0.6) is 0 Å². The topological polar surface area (TPSA) is 338 Å². The Morgan fingerprint density at radius 1 is 0.240 bits per heavy atom. The van der Waals surface area contributed by atoms with Crippen LogP contribution in [0.15, 0.2) is 0 Å². The predicted molar refractivity (Wildman–Crippen MR) is 378 cm³/mol. The van der Waals surface area contributed by atoms with Gasteiger partial charge >= 0.3 is 59.6 Å². The monoisotopic (exact) mass is 1430 g/mol. The normalized spacial score (nSPS) is 13.2. The molecule has 578 valence electrons. The highest BCUT2D eigenvalue weighted by atomic mass is 16.6. The number of rotatable bonds is 38. The van der Waals surface area contributed by atoms with Crippen LogP contribution in [0.2, 0.25) is 0 Å². The van der Waals surface area contributed by atoms with Crippen molar-refractivity contribution in [3.8, 4) is 0 Å². The molecule has 0 radical (unpaired) electrons. The molecule has 100 heavy (non-hydrogen) atoms. The Labute approximate surface area is 598 Å². The number of quaternary nitrogens is 1. The van der Waals surface area contributed by atoms with Crippen molar-refractivity contribution in [2.75, 3.05) is 19.6 Å². The largest absolute Gasteiger partial charge is 0.460 e. The molecule has 0 aromatic rings. The van der Waals surface area contributed by atoms with Crippen LogP contribution in [0.1, 0.15) is 322 Å². The lowest BCUT2D eigenvalue weighted by Crippen LogP contribution is -2.57. The van der Waals surface area contributed by atoms with Crippen molar-refractivity contribution >= 4 is 71.4 Å². The molecular weight excluding hydrogens is 1290 g/mol. The average molecular weight is 1430 g/mol. The fraction of sp³-hybridized carbons (Fsp3) is 0.840. The van der Waals surface area contributed by atoms with Gasteiger partial charge in [0.05, 0.1) is 45.3 Å². The first kappa shape index (κ1) is 93.8. The van der Waals surface area contributed by atoms with Crippen molar-refractivity contribution in [3.05, 3.63) is 0 Å². The zero-order valence-electron chi connectivity index (χ0n) is 66.6. The van der Waals surface area contributed by atoms with E-state index in [0.717, 1.165) is 0 Å². The molecule has 0 saturated heterocycles. The number of ether oxygens (including phenoxy) is 9. The van der Waals surface area contributed by atoms with Gasteiger partial charge in [-0.3, -0.25) is 57.2 Å². The summed E-state index contributed by atoms with van der Waals surface area (Å²) in [5.41, 5.74) is -5.22. The number of amides is 3. The third kappa shape index (κ3) is 47.0. The molecule has 0 aliphatic rings. The standard InChI is InChI=1S/C75H132N4O21/c1-64(2,3)92-55(83)31-43-74(44-32-56(84)93-65(4,5)6,45-33-57(85)94-66(7,8)9)77-52(80)28-40-73(76,42-30-54(82)79(49-37-61(89)98-70(19,20)21,50-38-62(90)99-71(22,23)24)51-39-63(91)100-72(25,26)27)41-29-53(81)78-75(46-34-58(86)95-67(10,11)12,47-35-59(87)96-68(13,14)15)48-36-60(88)97-69(16,17)18/h28-51,76H2,1-27H3,(H-,77,78,80,81)/p+1. The summed E-state index contributed by atoms with van der Waals surface area (Å²) in [5.74, 6) is -7.61. The summed E-state index contributed by atoms with van der Waals surface area (Å²) in [6.45, 7) is 44.9. The number of carbonyl (C=O) groups excluding carboxylic acids is 12. The van der Waals surface area contributed by atoms with Gasteiger partial charge in [-0.05, 0) is 245 Å². The number of nitrogens with one attached hydrogen (secondary N) is 2. The van der Waals surface area contributed by atoms with Crippen LogP contribution in [0.4, 0.5) is 0 Å². The molecule has 0 heterocycles. The summed E-state index contributed by atoms with van der Waals surface area (Å²) in [4.78, 5) is 168. The number of nitrogens with two attached hydrogens (primary N) is 1. The minimum Gasteiger partial charge on any atom is -0.460 e. The second kappa shape index (κ2) is 38.3. The Balaban J connectivity index is 8.63. The molecule has 3 amide bonds. The van der Waals surface area contributed by atoms with Gasteiger partial charge in [0.2, 0.25) is 11.8 Å². The summed E-state index contributed by atoms with van der Waals surface area (Å²) >= 11 is 0. The number of hydrogen-bond acceptors (Lipinski definition) is 22. The Hall–Kier alpha value is -6.24. The van der Waals surface area contributed by atoms with Crippen molar-refractivity contribution in [1.29, 1.82) is 0 Å².